The third-order valence-corrected chi connectivity index (χ3v) is 3.69. The summed E-state index contributed by atoms with van der Waals surface area (Å²) < 4.78 is 6.11. The Kier molecular flexibility index (Phi) is 5.33. The summed E-state index contributed by atoms with van der Waals surface area (Å²) in [6, 6.07) is 5.44. The first-order chi connectivity index (χ1) is 9.56. The minimum atomic E-state index is -0.373. The second-order valence-corrected chi connectivity index (χ2v) is 5.84. The molecule has 1 heterocycles. The van der Waals surface area contributed by atoms with Crippen molar-refractivity contribution >= 4 is 27.3 Å². The van der Waals surface area contributed by atoms with E-state index in [4.69, 9.17) is 4.74 Å². The molecule has 6 nitrogen and oxygen atoms in total. The van der Waals surface area contributed by atoms with Crippen LogP contribution in [0.15, 0.2) is 22.7 Å². The molecule has 110 valence electrons. The maximum atomic E-state index is 11.1. The van der Waals surface area contributed by atoms with Gasteiger partial charge in [0.05, 0.1) is 18.1 Å². The fourth-order valence-electron chi connectivity index (χ4n) is 2.30. The monoisotopic (exact) mass is 343 g/mol. The highest BCUT2D eigenvalue weighted by molar-refractivity contribution is 9.10. The number of benzene rings is 1. The average Bonchev–Trinajstić information content (AvgIpc) is 2.41. The Balaban J connectivity index is 1.99. The molecule has 0 aliphatic carbocycles. The first-order valence-electron chi connectivity index (χ1n) is 6.58. The quantitative estimate of drug-likeness (QED) is 0.634. The predicted octanol–water partition coefficient (Wildman–Crippen LogP) is 2.54. The van der Waals surface area contributed by atoms with Gasteiger partial charge in [-0.25, -0.2) is 0 Å². The molecule has 0 spiro atoms. The first kappa shape index (κ1) is 15.2. The number of anilines is 1. The van der Waals surface area contributed by atoms with Crippen LogP contribution in [-0.2, 0) is 4.74 Å². The number of nitro benzene ring substituents is 1. The molecule has 7 heteroatoms. The summed E-state index contributed by atoms with van der Waals surface area (Å²) >= 11 is 3.25. The van der Waals surface area contributed by atoms with Crippen molar-refractivity contribution in [3.8, 4) is 0 Å². The van der Waals surface area contributed by atoms with Crippen LogP contribution in [-0.4, -0.2) is 36.8 Å². The van der Waals surface area contributed by atoms with E-state index in [0.717, 1.165) is 19.6 Å². The third-order valence-electron chi connectivity index (χ3n) is 3.19. The third kappa shape index (κ3) is 4.16. The Hall–Kier alpha value is -1.18. The summed E-state index contributed by atoms with van der Waals surface area (Å²) in [5, 5.41) is 17.6. The Morgan fingerprint density at radius 2 is 2.45 bits per heavy atom. The molecule has 2 N–H and O–H groups in total. The van der Waals surface area contributed by atoms with Crippen molar-refractivity contribution < 1.29 is 9.66 Å². The van der Waals surface area contributed by atoms with Crippen molar-refractivity contribution in [1.29, 1.82) is 0 Å². The number of morpholine rings is 1. The molecule has 2 rings (SSSR count). The molecule has 1 fully saturated rings. The van der Waals surface area contributed by atoms with Crippen molar-refractivity contribution in [2.75, 3.05) is 25.1 Å². The largest absolute Gasteiger partial charge is 0.379 e. The zero-order valence-corrected chi connectivity index (χ0v) is 12.9. The van der Waals surface area contributed by atoms with Crippen LogP contribution in [0, 0.1) is 10.1 Å². The van der Waals surface area contributed by atoms with Crippen molar-refractivity contribution in [3.05, 3.63) is 32.8 Å². The number of hydrogen-bond acceptors (Lipinski definition) is 5. The lowest BCUT2D eigenvalue weighted by Gasteiger charge is -2.27. The van der Waals surface area contributed by atoms with Gasteiger partial charge < -0.3 is 15.4 Å². The number of rotatable bonds is 5. The lowest BCUT2D eigenvalue weighted by atomic mass is 10.1. The Morgan fingerprint density at radius 3 is 3.10 bits per heavy atom. The van der Waals surface area contributed by atoms with Gasteiger partial charge in [0.2, 0.25) is 0 Å². The number of nitro groups is 1. The fraction of sp³-hybridized carbons (Fsp3) is 0.538. The molecule has 1 aliphatic heterocycles. The van der Waals surface area contributed by atoms with Gasteiger partial charge in [0.25, 0.3) is 5.69 Å². The van der Waals surface area contributed by atoms with E-state index < -0.39 is 0 Å². The fourth-order valence-corrected chi connectivity index (χ4v) is 2.65. The lowest BCUT2D eigenvalue weighted by Crippen LogP contribution is -2.43. The minimum Gasteiger partial charge on any atom is -0.379 e. The van der Waals surface area contributed by atoms with Crippen LogP contribution >= 0.6 is 15.9 Å². The Labute approximate surface area is 126 Å². The van der Waals surface area contributed by atoms with Gasteiger partial charge in [0.15, 0.2) is 0 Å². The van der Waals surface area contributed by atoms with Crippen LogP contribution in [0.4, 0.5) is 11.4 Å². The van der Waals surface area contributed by atoms with Crippen LogP contribution in [0.25, 0.3) is 0 Å². The van der Waals surface area contributed by atoms with Crippen LogP contribution in [0.1, 0.15) is 13.3 Å². The maximum absolute atomic E-state index is 11.1. The van der Waals surface area contributed by atoms with Gasteiger partial charge in [-0.3, -0.25) is 10.1 Å². The molecule has 2 atom stereocenters. The van der Waals surface area contributed by atoms with Crippen molar-refractivity contribution in [2.24, 2.45) is 0 Å². The van der Waals surface area contributed by atoms with E-state index in [0.29, 0.717) is 22.8 Å². The highest BCUT2D eigenvalue weighted by Gasteiger charge is 2.19. The van der Waals surface area contributed by atoms with Crippen LogP contribution in [0.3, 0.4) is 0 Å². The molecule has 0 bridgehead atoms. The molecule has 0 aromatic heterocycles. The topological polar surface area (TPSA) is 76.4 Å². The maximum Gasteiger partial charge on any atom is 0.293 e. The average molecular weight is 344 g/mol. The SMILES string of the molecule is CC(CC1COCCN1)Nc1ccc(Br)cc1[N+](=O)[O-]. The summed E-state index contributed by atoms with van der Waals surface area (Å²) in [5.41, 5.74) is 0.626. The van der Waals surface area contributed by atoms with Gasteiger partial charge in [-0.1, -0.05) is 15.9 Å². The summed E-state index contributed by atoms with van der Waals surface area (Å²) in [7, 11) is 0. The Morgan fingerprint density at radius 1 is 1.65 bits per heavy atom. The molecule has 0 radical (unpaired) electrons. The normalized spacial score (nSPS) is 20.4. The number of halogens is 1. The van der Waals surface area contributed by atoms with E-state index in [1.54, 1.807) is 12.1 Å². The van der Waals surface area contributed by atoms with Gasteiger partial charge in [-0.2, -0.15) is 0 Å². The zero-order valence-electron chi connectivity index (χ0n) is 11.3. The van der Waals surface area contributed by atoms with E-state index in [1.807, 2.05) is 6.92 Å². The van der Waals surface area contributed by atoms with E-state index >= 15 is 0 Å². The molecule has 1 aromatic rings. The lowest BCUT2D eigenvalue weighted by molar-refractivity contribution is -0.384. The van der Waals surface area contributed by atoms with E-state index in [-0.39, 0.29) is 16.7 Å². The summed E-state index contributed by atoms with van der Waals surface area (Å²) in [5.74, 6) is 0. The molecule has 1 aliphatic rings. The minimum absolute atomic E-state index is 0.0825. The van der Waals surface area contributed by atoms with Crippen molar-refractivity contribution in [2.45, 2.75) is 25.4 Å². The van der Waals surface area contributed by atoms with Gasteiger partial charge in [-0.15, -0.1) is 0 Å². The molecule has 1 aromatic carbocycles. The van der Waals surface area contributed by atoms with Crippen LogP contribution < -0.4 is 10.6 Å². The summed E-state index contributed by atoms with van der Waals surface area (Å²) in [6.45, 7) is 4.31. The zero-order chi connectivity index (χ0) is 14.5. The number of ether oxygens (including phenoxy) is 1. The molecule has 0 amide bonds. The Bertz CT molecular complexity index is 478. The van der Waals surface area contributed by atoms with Gasteiger partial charge in [-0.05, 0) is 25.5 Å². The number of nitrogens with one attached hydrogen (secondary N) is 2. The smallest absolute Gasteiger partial charge is 0.293 e. The summed E-state index contributed by atoms with van der Waals surface area (Å²) in [6.07, 6.45) is 0.854. The van der Waals surface area contributed by atoms with E-state index in [9.17, 15) is 10.1 Å². The van der Waals surface area contributed by atoms with Crippen molar-refractivity contribution in [1.82, 2.24) is 5.32 Å². The molecule has 0 saturated carbocycles. The van der Waals surface area contributed by atoms with Gasteiger partial charge in [0, 0.05) is 29.2 Å². The summed E-state index contributed by atoms with van der Waals surface area (Å²) in [4.78, 5) is 10.7. The molecular weight excluding hydrogens is 326 g/mol. The van der Waals surface area contributed by atoms with Crippen molar-refractivity contribution in [3.63, 3.8) is 0 Å². The van der Waals surface area contributed by atoms with Crippen LogP contribution in [0.5, 0.6) is 0 Å². The number of nitrogens with zero attached hydrogens (tertiary/aromatic N) is 1. The second kappa shape index (κ2) is 7.01. The van der Waals surface area contributed by atoms with E-state index in [2.05, 4.69) is 26.6 Å². The highest BCUT2D eigenvalue weighted by Crippen LogP contribution is 2.28. The van der Waals surface area contributed by atoms with Gasteiger partial charge in [0.1, 0.15) is 5.69 Å². The molecule has 1 saturated heterocycles. The highest BCUT2D eigenvalue weighted by atomic mass is 79.9. The second-order valence-electron chi connectivity index (χ2n) is 4.93. The van der Waals surface area contributed by atoms with Crippen LogP contribution in [0.2, 0.25) is 0 Å². The number of hydrogen-bond donors (Lipinski definition) is 2. The first-order valence-corrected chi connectivity index (χ1v) is 7.37. The molecule has 20 heavy (non-hydrogen) atoms. The van der Waals surface area contributed by atoms with Gasteiger partial charge >= 0.3 is 0 Å². The molecular formula is C13H18BrN3O3. The predicted molar refractivity (Wildman–Crippen MR) is 81.1 cm³/mol. The van der Waals surface area contributed by atoms with E-state index in [1.165, 1.54) is 6.07 Å². The standard InChI is InChI=1S/C13H18BrN3O3/c1-9(6-11-8-20-5-4-15-11)16-12-3-2-10(14)7-13(12)17(18)19/h2-3,7,9,11,15-16H,4-6,8H2,1H3. The molecule has 2 unspecified atom stereocenters.